The number of ether oxygens (including phenoxy) is 2. The molecule has 3 aromatic rings. The maximum atomic E-state index is 13.3. The minimum Gasteiger partial charge on any atom is -0.469 e. The first kappa shape index (κ1) is 26.6. The number of methoxy groups -OCH3 is 2. The molecule has 196 valence electrons. The van der Waals surface area contributed by atoms with Crippen molar-refractivity contribution in [3.63, 3.8) is 0 Å². The fraction of sp³-hybridized carbons (Fsp3) is 0.233. The van der Waals surface area contributed by atoms with Gasteiger partial charge in [0.25, 0.3) is 5.91 Å². The average Bonchev–Trinajstić information content (AvgIpc) is 3.24. The van der Waals surface area contributed by atoms with Gasteiger partial charge in [0.15, 0.2) is 0 Å². The zero-order valence-corrected chi connectivity index (χ0v) is 21.9. The second kappa shape index (κ2) is 10.9. The minimum absolute atomic E-state index is 0.270. The molecule has 0 fully saturated rings. The number of benzene rings is 3. The van der Waals surface area contributed by atoms with E-state index >= 15 is 0 Å². The van der Waals surface area contributed by atoms with E-state index in [1.807, 2.05) is 62.4 Å². The largest absolute Gasteiger partial charge is 0.469 e. The van der Waals surface area contributed by atoms with Crippen molar-refractivity contribution in [1.82, 2.24) is 0 Å². The van der Waals surface area contributed by atoms with Crippen LogP contribution in [0.15, 0.2) is 66.7 Å². The number of nitrogens with two attached hydrogens (primary N) is 1. The van der Waals surface area contributed by atoms with Gasteiger partial charge >= 0.3 is 11.9 Å². The summed E-state index contributed by atoms with van der Waals surface area (Å²) in [6, 6.07) is 20.4. The minimum atomic E-state index is -0.485. The molecule has 0 saturated carbocycles. The number of hydrogen-bond donors (Lipinski definition) is 3. The lowest BCUT2D eigenvalue weighted by Gasteiger charge is -2.20. The highest BCUT2D eigenvalue weighted by molar-refractivity contribution is 6.37. The maximum absolute atomic E-state index is 13.3. The highest BCUT2D eigenvalue weighted by atomic mass is 16.5. The average molecular weight is 514 g/mol. The molecule has 0 unspecified atom stereocenters. The van der Waals surface area contributed by atoms with Crippen LogP contribution >= 0.6 is 0 Å². The van der Waals surface area contributed by atoms with Crippen LogP contribution in [0.1, 0.15) is 52.9 Å². The van der Waals surface area contributed by atoms with Crippen molar-refractivity contribution in [1.29, 1.82) is 0 Å². The zero-order valence-electron chi connectivity index (χ0n) is 21.9. The predicted molar refractivity (Wildman–Crippen MR) is 147 cm³/mol. The van der Waals surface area contributed by atoms with Gasteiger partial charge in [-0.2, -0.15) is 0 Å². The van der Waals surface area contributed by atoms with E-state index in [1.165, 1.54) is 14.2 Å². The third kappa shape index (κ3) is 5.76. The molecule has 8 nitrogen and oxygen atoms in total. The Hall–Kier alpha value is -4.43. The molecule has 0 radical (unpaired) electrons. The van der Waals surface area contributed by atoms with Gasteiger partial charge < -0.3 is 25.8 Å². The van der Waals surface area contributed by atoms with E-state index in [1.54, 1.807) is 18.2 Å². The number of anilines is 2. The number of aryl methyl sites for hydroxylation is 1. The number of amides is 1. The van der Waals surface area contributed by atoms with Gasteiger partial charge in [0, 0.05) is 23.2 Å². The van der Waals surface area contributed by atoms with Crippen LogP contribution in [0.25, 0.3) is 11.3 Å². The number of hydrogen-bond acceptors (Lipinski definition) is 7. The fourth-order valence-electron chi connectivity index (χ4n) is 4.26. The lowest BCUT2D eigenvalue weighted by molar-refractivity contribution is -0.140. The first-order valence-electron chi connectivity index (χ1n) is 12.2. The number of fused-ring (bicyclic) bond motifs is 1. The Balaban J connectivity index is 1.77. The second-order valence-corrected chi connectivity index (χ2v) is 9.65. The third-order valence-electron chi connectivity index (χ3n) is 6.42. The van der Waals surface area contributed by atoms with Crippen LogP contribution in [0.4, 0.5) is 11.4 Å². The molecule has 38 heavy (non-hydrogen) atoms. The SMILES string of the molecule is COC(=O)CCc1ccc(/C(Nc2ccc(C(C)(C)N)cc2)=C2/C(=O)Nc3cc(C(=O)OC)ccc32)cc1. The number of rotatable bonds is 8. The van der Waals surface area contributed by atoms with Crippen LogP contribution in [-0.4, -0.2) is 32.1 Å². The summed E-state index contributed by atoms with van der Waals surface area (Å²) in [6.45, 7) is 3.87. The molecule has 1 heterocycles. The van der Waals surface area contributed by atoms with E-state index in [0.29, 0.717) is 34.5 Å². The standard InChI is InChI=1S/C30H31N3O5/c1-30(2,31)21-11-13-22(14-12-21)32-27(19-8-5-18(6-9-19)7-16-25(34)37-3)26-23-15-10-20(29(36)38-4)17-24(23)33-28(26)35/h5-6,8-15,17,32H,7,16,31H2,1-4H3,(H,33,35)/b27-26-. The molecule has 1 aliphatic heterocycles. The summed E-state index contributed by atoms with van der Waals surface area (Å²) in [6.07, 6.45) is 0.826. The van der Waals surface area contributed by atoms with E-state index in [4.69, 9.17) is 15.2 Å². The van der Waals surface area contributed by atoms with E-state index in [9.17, 15) is 14.4 Å². The monoisotopic (exact) mass is 513 g/mol. The molecule has 8 heteroatoms. The van der Waals surface area contributed by atoms with Crippen molar-refractivity contribution in [3.05, 3.63) is 94.5 Å². The molecule has 0 atom stereocenters. The molecule has 1 amide bonds. The van der Waals surface area contributed by atoms with Crippen LogP contribution in [0.5, 0.6) is 0 Å². The molecule has 4 rings (SSSR count). The summed E-state index contributed by atoms with van der Waals surface area (Å²) in [5, 5.41) is 6.30. The Morgan fingerprint density at radius 2 is 1.58 bits per heavy atom. The summed E-state index contributed by atoms with van der Waals surface area (Å²) < 4.78 is 9.55. The highest BCUT2D eigenvalue weighted by Crippen LogP contribution is 2.38. The summed E-state index contributed by atoms with van der Waals surface area (Å²) in [7, 11) is 2.68. The van der Waals surface area contributed by atoms with Gasteiger partial charge in [-0.05, 0) is 61.2 Å². The molecular formula is C30H31N3O5. The van der Waals surface area contributed by atoms with Crippen LogP contribution in [0, 0.1) is 0 Å². The summed E-state index contributed by atoms with van der Waals surface area (Å²) in [5.74, 6) is -1.05. The van der Waals surface area contributed by atoms with Gasteiger partial charge in [0.05, 0.1) is 36.7 Å². The van der Waals surface area contributed by atoms with Gasteiger partial charge in [0.2, 0.25) is 0 Å². The fourth-order valence-corrected chi connectivity index (χ4v) is 4.26. The Labute approximate surface area is 221 Å². The van der Waals surface area contributed by atoms with Crippen molar-refractivity contribution in [3.8, 4) is 0 Å². The lowest BCUT2D eigenvalue weighted by atomic mass is 9.95. The van der Waals surface area contributed by atoms with E-state index in [-0.39, 0.29) is 18.3 Å². The van der Waals surface area contributed by atoms with Gasteiger partial charge in [0.1, 0.15) is 0 Å². The predicted octanol–water partition coefficient (Wildman–Crippen LogP) is 4.71. The number of carbonyl (C=O) groups is 3. The van der Waals surface area contributed by atoms with Gasteiger partial charge in [-0.15, -0.1) is 0 Å². The molecule has 3 aromatic carbocycles. The Kier molecular flexibility index (Phi) is 7.64. The topological polar surface area (TPSA) is 120 Å². The van der Waals surface area contributed by atoms with Crippen molar-refractivity contribution >= 4 is 40.5 Å². The quantitative estimate of drug-likeness (QED) is 0.295. The molecule has 0 spiro atoms. The van der Waals surface area contributed by atoms with Gasteiger partial charge in [-0.25, -0.2) is 4.79 Å². The molecule has 0 saturated heterocycles. The summed E-state index contributed by atoms with van der Waals surface area (Å²) >= 11 is 0. The van der Waals surface area contributed by atoms with E-state index in [2.05, 4.69) is 10.6 Å². The summed E-state index contributed by atoms with van der Waals surface area (Å²) in [5.41, 5.74) is 11.9. The van der Waals surface area contributed by atoms with Crippen molar-refractivity contribution in [2.45, 2.75) is 32.2 Å². The van der Waals surface area contributed by atoms with Crippen molar-refractivity contribution in [2.75, 3.05) is 24.9 Å². The zero-order chi connectivity index (χ0) is 27.4. The highest BCUT2D eigenvalue weighted by Gasteiger charge is 2.29. The Bertz CT molecular complexity index is 1400. The van der Waals surface area contributed by atoms with Gasteiger partial charge in [-0.3, -0.25) is 9.59 Å². The maximum Gasteiger partial charge on any atom is 0.337 e. The van der Waals surface area contributed by atoms with Crippen LogP contribution in [0.2, 0.25) is 0 Å². The molecule has 0 aromatic heterocycles. The molecule has 0 aliphatic carbocycles. The van der Waals surface area contributed by atoms with Crippen LogP contribution in [-0.2, 0) is 31.0 Å². The van der Waals surface area contributed by atoms with Crippen molar-refractivity contribution in [2.24, 2.45) is 5.73 Å². The lowest BCUT2D eigenvalue weighted by Crippen LogP contribution is -2.28. The van der Waals surface area contributed by atoms with Crippen LogP contribution < -0.4 is 16.4 Å². The van der Waals surface area contributed by atoms with Crippen molar-refractivity contribution < 1.29 is 23.9 Å². The third-order valence-corrected chi connectivity index (χ3v) is 6.42. The number of esters is 2. The first-order chi connectivity index (χ1) is 18.1. The first-order valence-corrected chi connectivity index (χ1v) is 12.2. The molecule has 4 N–H and O–H groups in total. The van der Waals surface area contributed by atoms with E-state index < -0.39 is 11.5 Å². The summed E-state index contributed by atoms with van der Waals surface area (Å²) in [4.78, 5) is 36.8. The second-order valence-electron chi connectivity index (χ2n) is 9.65. The Morgan fingerprint density at radius 1 is 0.921 bits per heavy atom. The molecular weight excluding hydrogens is 482 g/mol. The normalized spacial score (nSPS) is 13.9. The Morgan fingerprint density at radius 3 is 2.18 bits per heavy atom. The molecule has 1 aliphatic rings. The number of carbonyl (C=O) groups excluding carboxylic acids is 3. The van der Waals surface area contributed by atoms with Gasteiger partial charge in [-0.1, -0.05) is 42.5 Å². The van der Waals surface area contributed by atoms with Crippen LogP contribution in [0.3, 0.4) is 0 Å². The smallest absolute Gasteiger partial charge is 0.337 e. The van der Waals surface area contributed by atoms with E-state index in [0.717, 1.165) is 22.4 Å². The number of nitrogens with one attached hydrogen (secondary N) is 2. The molecule has 0 bridgehead atoms.